The summed E-state index contributed by atoms with van der Waals surface area (Å²) >= 11 is 13.6. The second-order valence-corrected chi connectivity index (χ2v) is 7.79. The molecule has 23 heavy (non-hydrogen) atoms. The number of thiophene rings is 1. The molecule has 0 saturated heterocycles. The van der Waals surface area contributed by atoms with Crippen LogP contribution in [-0.2, 0) is 9.53 Å². The Morgan fingerprint density at radius 1 is 1.35 bits per heavy atom. The number of rotatable bonds is 4. The molecule has 0 atom stereocenters. The standard InChI is InChI=1S/C14H7Br2ClN2O3S/c15-9-4-11(23-13(9)16)14(21)22-6-12(20)19-8-2-1-7(5-18)10(17)3-8/h1-4H,6H2,(H,19,20). The summed E-state index contributed by atoms with van der Waals surface area (Å²) in [7, 11) is 0. The molecule has 0 radical (unpaired) electrons. The Hall–Kier alpha value is -1.40. The monoisotopic (exact) mass is 476 g/mol. The first-order chi connectivity index (χ1) is 10.9. The largest absolute Gasteiger partial charge is 0.451 e. The minimum Gasteiger partial charge on any atom is -0.451 e. The average Bonchev–Trinajstić information content (AvgIpc) is 2.84. The molecule has 2 rings (SSSR count). The summed E-state index contributed by atoms with van der Waals surface area (Å²) in [5, 5.41) is 11.5. The van der Waals surface area contributed by atoms with Crippen LogP contribution in [0.2, 0.25) is 5.02 Å². The second kappa shape index (κ2) is 7.93. The number of anilines is 1. The first kappa shape index (κ1) is 17.9. The highest BCUT2D eigenvalue weighted by Crippen LogP contribution is 2.32. The summed E-state index contributed by atoms with van der Waals surface area (Å²) in [6.45, 7) is -0.427. The number of carbonyl (C=O) groups excluding carboxylic acids is 2. The van der Waals surface area contributed by atoms with Crippen molar-refractivity contribution >= 4 is 72.4 Å². The predicted molar refractivity (Wildman–Crippen MR) is 94.8 cm³/mol. The third-order valence-electron chi connectivity index (χ3n) is 2.55. The first-order valence-electron chi connectivity index (χ1n) is 6.02. The minimum atomic E-state index is -0.589. The number of amides is 1. The van der Waals surface area contributed by atoms with E-state index in [4.69, 9.17) is 21.6 Å². The van der Waals surface area contributed by atoms with Crippen molar-refractivity contribution in [3.63, 3.8) is 0 Å². The van der Waals surface area contributed by atoms with Crippen molar-refractivity contribution in [2.75, 3.05) is 11.9 Å². The molecule has 0 saturated carbocycles. The molecule has 0 aliphatic rings. The van der Waals surface area contributed by atoms with Gasteiger partial charge in [-0.2, -0.15) is 5.26 Å². The Morgan fingerprint density at radius 2 is 2.09 bits per heavy atom. The van der Waals surface area contributed by atoms with Gasteiger partial charge < -0.3 is 10.1 Å². The maximum atomic E-state index is 11.8. The SMILES string of the molecule is N#Cc1ccc(NC(=O)COC(=O)c2cc(Br)c(Br)s2)cc1Cl. The zero-order valence-electron chi connectivity index (χ0n) is 11.2. The van der Waals surface area contributed by atoms with E-state index >= 15 is 0 Å². The van der Waals surface area contributed by atoms with E-state index in [1.54, 1.807) is 6.07 Å². The quantitative estimate of drug-likeness (QED) is 0.652. The van der Waals surface area contributed by atoms with E-state index in [9.17, 15) is 9.59 Å². The van der Waals surface area contributed by atoms with Crippen LogP contribution in [0.1, 0.15) is 15.2 Å². The summed E-state index contributed by atoms with van der Waals surface area (Å²) in [6, 6.07) is 8.01. The van der Waals surface area contributed by atoms with Gasteiger partial charge in [0.05, 0.1) is 14.4 Å². The van der Waals surface area contributed by atoms with Crippen LogP contribution in [0.15, 0.2) is 32.5 Å². The number of nitrogens with zero attached hydrogens (tertiary/aromatic N) is 1. The van der Waals surface area contributed by atoms with E-state index in [0.29, 0.717) is 16.1 Å². The average molecular weight is 479 g/mol. The molecule has 1 aromatic carbocycles. The van der Waals surface area contributed by atoms with Gasteiger partial charge in [0, 0.05) is 10.2 Å². The third kappa shape index (κ3) is 4.78. The zero-order chi connectivity index (χ0) is 17.0. The molecule has 2 aromatic rings. The fourth-order valence-corrected chi connectivity index (χ4v) is 3.68. The van der Waals surface area contributed by atoms with Crippen molar-refractivity contribution in [1.29, 1.82) is 5.26 Å². The summed E-state index contributed by atoms with van der Waals surface area (Å²) in [4.78, 5) is 24.0. The number of benzene rings is 1. The van der Waals surface area contributed by atoms with Crippen LogP contribution in [0.4, 0.5) is 5.69 Å². The van der Waals surface area contributed by atoms with E-state index in [1.807, 2.05) is 6.07 Å². The van der Waals surface area contributed by atoms with Crippen molar-refractivity contribution in [3.8, 4) is 6.07 Å². The van der Waals surface area contributed by atoms with Gasteiger partial charge >= 0.3 is 5.97 Å². The first-order valence-corrected chi connectivity index (χ1v) is 8.80. The number of nitrogens with one attached hydrogen (secondary N) is 1. The highest BCUT2D eigenvalue weighted by molar-refractivity contribution is 9.13. The molecule has 118 valence electrons. The maximum Gasteiger partial charge on any atom is 0.348 e. The molecular weight excluding hydrogens is 471 g/mol. The van der Waals surface area contributed by atoms with Gasteiger partial charge in [0.1, 0.15) is 10.9 Å². The van der Waals surface area contributed by atoms with Gasteiger partial charge in [-0.15, -0.1) is 11.3 Å². The lowest BCUT2D eigenvalue weighted by atomic mass is 10.2. The molecule has 1 heterocycles. The Labute approximate surface area is 157 Å². The fraction of sp³-hybridized carbons (Fsp3) is 0.0714. The van der Waals surface area contributed by atoms with E-state index in [-0.39, 0.29) is 5.02 Å². The minimum absolute atomic E-state index is 0.232. The zero-order valence-corrected chi connectivity index (χ0v) is 16.0. The van der Waals surface area contributed by atoms with Crippen LogP contribution >= 0.6 is 54.8 Å². The lowest BCUT2D eigenvalue weighted by Gasteiger charge is -2.06. The van der Waals surface area contributed by atoms with Gasteiger partial charge in [-0.3, -0.25) is 4.79 Å². The Morgan fingerprint density at radius 3 is 2.65 bits per heavy atom. The number of hydrogen-bond acceptors (Lipinski definition) is 5. The molecule has 0 fully saturated rings. The predicted octanol–water partition coefficient (Wildman–Crippen LogP) is 4.59. The molecule has 1 N–H and O–H groups in total. The summed E-state index contributed by atoms with van der Waals surface area (Å²) < 4.78 is 6.44. The molecule has 0 unspecified atom stereocenters. The molecule has 0 aliphatic carbocycles. The van der Waals surface area contributed by atoms with Crippen LogP contribution in [0.25, 0.3) is 0 Å². The molecule has 0 bridgehead atoms. The van der Waals surface area contributed by atoms with Gasteiger partial charge in [0.25, 0.3) is 5.91 Å². The van der Waals surface area contributed by atoms with Crippen molar-refractivity contribution < 1.29 is 14.3 Å². The normalized spacial score (nSPS) is 10.0. The molecular formula is C14H7Br2ClN2O3S. The van der Waals surface area contributed by atoms with Gasteiger partial charge in [-0.05, 0) is 56.1 Å². The van der Waals surface area contributed by atoms with E-state index in [1.165, 1.54) is 29.5 Å². The van der Waals surface area contributed by atoms with Crippen LogP contribution in [0, 0.1) is 11.3 Å². The Kier molecular flexibility index (Phi) is 6.18. The molecule has 0 aliphatic heterocycles. The van der Waals surface area contributed by atoms with Crippen molar-refractivity contribution in [1.82, 2.24) is 0 Å². The number of esters is 1. The van der Waals surface area contributed by atoms with Crippen molar-refractivity contribution in [3.05, 3.63) is 48.0 Å². The van der Waals surface area contributed by atoms with E-state index < -0.39 is 18.5 Å². The van der Waals surface area contributed by atoms with E-state index in [0.717, 1.165) is 8.26 Å². The molecule has 9 heteroatoms. The molecule has 5 nitrogen and oxygen atoms in total. The van der Waals surface area contributed by atoms with Gasteiger partial charge in [-0.1, -0.05) is 11.6 Å². The van der Waals surface area contributed by atoms with Gasteiger partial charge in [0.2, 0.25) is 0 Å². The lowest BCUT2D eigenvalue weighted by molar-refractivity contribution is -0.119. The highest BCUT2D eigenvalue weighted by atomic mass is 79.9. The van der Waals surface area contributed by atoms with Gasteiger partial charge in [-0.25, -0.2) is 4.79 Å². The van der Waals surface area contributed by atoms with Crippen molar-refractivity contribution in [2.45, 2.75) is 0 Å². The van der Waals surface area contributed by atoms with Crippen molar-refractivity contribution in [2.24, 2.45) is 0 Å². The van der Waals surface area contributed by atoms with Crippen LogP contribution < -0.4 is 5.32 Å². The van der Waals surface area contributed by atoms with Gasteiger partial charge in [0.15, 0.2) is 6.61 Å². The lowest BCUT2D eigenvalue weighted by Crippen LogP contribution is -2.20. The molecule has 1 aromatic heterocycles. The number of ether oxygens (including phenoxy) is 1. The van der Waals surface area contributed by atoms with E-state index in [2.05, 4.69) is 37.2 Å². The number of hydrogen-bond donors (Lipinski definition) is 1. The molecule has 1 amide bonds. The summed E-state index contributed by atoms with van der Waals surface area (Å²) in [5.41, 5.74) is 0.724. The Bertz CT molecular complexity index is 797. The maximum absolute atomic E-state index is 11.8. The summed E-state index contributed by atoms with van der Waals surface area (Å²) in [6.07, 6.45) is 0. The third-order valence-corrected chi connectivity index (χ3v) is 6.10. The smallest absolute Gasteiger partial charge is 0.348 e. The number of halogens is 3. The van der Waals surface area contributed by atoms with Crippen LogP contribution in [0.5, 0.6) is 0 Å². The number of carbonyl (C=O) groups is 2. The second-order valence-electron chi connectivity index (χ2n) is 4.16. The number of nitriles is 1. The fourth-order valence-electron chi connectivity index (χ4n) is 1.53. The topological polar surface area (TPSA) is 79.2 Å². The Balaban J connectivity index is 1.91. The summed E-state index contributed by atoms with van der Waals surface area (Å²) in [5.74, 6) is -1.09. The van der Waals surface area contributed by atoms with Crippen LogP contribution in [-0.4, -0.2) is 18.5 Å². The highest BCUT2D eigenvalue weighted by Gasteiger charge is 2.15. The molecule has 0 spiro atoms. The van der Waals surface area contributed by atoms with Crippen LogP contribution in [0.3, 0.4) is 0 Å².